The van der Waals surface area contributed by atoms with Gasteiger partial charge in [0.25, 0.3) is 0 Å². The third-order valence-electron chi connectivity index (χ3n) is 3.80. The van der Waals surface area contributed by atoms with Gasteiger partial charge < -0.3 is 0 Å². The standard InChI is InChI=1S/C18H17.Hf/c1-13-10-16-8-9-17(18(16)11-14(13)2)12-15-6-4-3-5-7-15;/h3-8,10-11,17H,12H2,1-2H3;/q-1;. The normalized spacial score (nSPS) is 16.0. The zero-order chi connectivity index (χ0) is 12.5. The van der Waals surface area contributed by atoms with Gasteiger partial charge in [0.2, 0.25) is 0 Å². The fourth-order valence-electron chi connectivity index (χ4n) is 2.59. The molecule has 2 aromatic carbocycles. The van der Waals surface area contributed by atoms with E-state index in [4.69, 9.17) is 0 Å². The van der Waals surface area contributed by atoms with Crippen LogP contribution in [-0.2, 0) is 32.3 Å². The Morgan fingerprint density at radius 1 is 1.00 bits per heavy atom. The summed E-state index contributed by atoms with van der Waals surface area (Å²) in [6, 6.07) is 15.3. The van der Waals surface area contributed by atoms with Crippen LogP contribution in [0, 0.1) is 19.9 Å². The zero-order valence-corrected chi connectivity index (χ0v) is 15.0. The predicted molar refractivity (Wildman–Crippen MR) is 76.5 cm³/mol. The van der Waals surface area contributed by atoms with E-state index in [0.717, 1.165) is 6.42 Å². The number of aryl methyl sites for hydroxylation is 2. The number of fused-ring (bicyclic) bond motifs is 1. The average Bonchev–Trinajstić information content (AvgIpc) is 2.74. The van der Waals surface area contributed by atoms with Gasteiger partial charge in [0.1, 0.15) is 0 Å². The van der Waals surface area contributed by atoms with Gasteiger partial charge in [-0.25, -0.2) is 6.08 Å². The third kappa shape index (κ3) is 2.97. The molecule has 0 spiro atoms. The first-order valence-corrected chi connectivity index (χ1v) is 6.48. The molecule has 0 N–H and O–H groups in total. The van der Waals surface area contributed by atoms with E-state index in [9.17, 15) is 0 Å². The van der Waals surface area contributed by atoms with E-state index in [0.29, 0.717) is 5.92 Å². The molecule has 2 aromatic rings. The van der Waals surface area contributed by atoms with Gasteiger partial charge in [0, 0.05) is 25.8 Å². The molecular formula is C18H17Hf-. The van der Waals surface area contributed by atoms with Gasteiger partial charge in [0.15, 0.2) is 0 Å². The molecule has 1 unspecified atom stereocenters. The second-order valence-electron chi connectivity index (χ2n) is 5.12. The van der Waals surface area contributed by atoms with E-state index in [1.54, 1.807) is 0 Å². The molecule has 0 amide bonds. The third-order valence-corrected chi connectivity index (χ3v) is 3.80. The summed E-state index contributed by atoms with van der Waals surface area (Å²) in [6.07, 6.45) is 6.70. The van der Waals surface area contributed by atoms with Crippen LogP contribution in [0.25, 0.3) is 6.08 Å². The number of benzene rings is 2. The van der Waals surface area contributed by atoms with E-state index in [1.165, 1.54) is 27.8 Å². The molecule has 0 radical (unpaired) electrons. The van der Waals surface area contributed by atoms with Crippen LogP contribution in [0.5, 0.6) is 0 Å². The van der Waals surface area contributed by atoms with Crippen LogP contribution in [0.2, 0.25) is 0 Å². The zero-order valence-electron chi connectivity index (χ0n) is 11.4. The quantitative estimate of drug-likeness (QED) is 0.505. The maximum absolute atomic E-state index is 3.50. The van der Waals surface area contributed by atoms with E-state index in [1.807, 2.05) is 0 Å². The van der Waals surface area contributed by atoms with Crippen molar-refractivity contribution in [1.82, 2.24) is 0 Å². The van der Waals surface area contributed by atoms with Crippen molar-refractivity contribution < 1.29 is 25.8 Å². The molecule has 19 heavy (non-hydrogen) atoms. The minimum atomic E-state index is 0. The Balaban J connectivity index is 0.00000133. The number of rotatable bonds is 2. The maximum Gasteiger partial charge on any atom is 0 e. The maximum atomic E-state index is 3.50. The second-order valence-corrected chi connectivity index (χ2v) is 5.12. The topological polar surface area (TPSA) is 0 Å². The molecule has 1 atom stereocenters. The summed E-state index contributed by atoms with van der Waals surface area (Å²) in [5.74, 6) is 0.418. The van der Waals surface area contributed by atoms with Crippen molar-refractivity contribution in [3.05, 3.63) is 76.4 Å². The fraction of sp³-hybridized carbons (Fsp3) is 0.222. The van der Waals surface area contributed by atoms with Crippen molar-refractivity contribution in [3.8, 4) is 0 Å². The molecule has 0 fully saturated rings. The van der Waals surface area contributed by atoms with E-state index >= 15 is 0 Å². The van der Waals surface area contributed by atoms with Crippen LogP contribution in [-0.4, -0.2) is 0 Å². The van der Waals surface area contributed by atoms with Crippen LogP contribution in [0.1, 0.15) is 33.7 Å². The Morgan fingerprint density at radius 3 is 2.42 bits per heavy atom. The van der Waals surface area contributed by atoms with Crippen molar-refractivity contribution in [2.24, 2.45) is 0 Å². The van der Waals surface area contributed by atoms with Gasteiger partial charge in [-0.2, -0.15) is 5.56 Å². The predicted octanol–water partition coefficient (Wildman–Crippen LogP) is 4.46. The molecule has 94 valence electrons. The monoisotopic (exact) mass is 413 g/mol. The largest absolute Gasteiger partial charge is 0.268 e. The van der Waals surface area contributed by atoms with Crippen LogP contribution < -0.4 is 0 Å². The van der Waals surface area contributed by atoms with Crippen LogP contribution in [0.15, 0.2) is 42.5 Å². The molecule has 1 aliphatic carbocycles. The Morgan fingerprint density at radius 2 is 1.68 bits per heavy atom. The van der Waals surface area contributed by atoms with E-state index in [2.05, 4.69) is 68.5 Å². The van der Waals surface area contributed by atoms with Crippen LogP contribution in [0.4, 0.5) is 0 Å². The number of hydrogen-bond acceptors (Lipinski definition) is 0. The molecular weight excluding hydrogens is 395 g/mol. The van der Waals surface area contributed by atoms with Crippen LogP contribution in [0.3, 0.4) is 0 Å². The molecule has 3 rings (SSSR count). The fourth-order valence-corrected chi connectivity index (χ4v) is 2.59. The number of allylic oxidation sites excluding steroid dienone is 1. The molecule has 0 aromatic heterocycles. The summed E-state index contributed by atoms with van der Waals surface area (Å²) in [5, 5.41) is 0. The van der Waals surface area contributed by atoms with Crippen molar-refractivity contribution in [3.63, 3.8) is 0 Å². The average molecular weight is 412 g/mol. The van der Waals surface area contributed by atoms with E-state index in [-0.39, 0.29) is 25.8 Å². The Kier molecular flexibility index (Phi) is 4.57. The molecule has 0 nitrogen and oxygen atoms in total. The van der Waals surface area contributed by atoms with Crippen molar-refractivity contribution in [1.29, 1.82) is 0 Å². The molecule has 0 aliphatic heterocycles. The Hall–Kier alpha value is -0.950. The first kappa shape index (κ1) is 14.5. The summed E-state index contributed by atoms with van der Waals surface area (Å²) in [7, 11) is 0. The Bertz CT molecular complexity index is 597. The number of hydrogen-bond donors (Lipinski definition) is 0. The van der Waals surface area contributed by atoms with Gasteiger partial charge in [-0.05, 0) is 25.8 Å². The first-order valence-electron chi connectivity index (χ1n) is 6.48. The van der Waals surface area contributed by atoms with Crippen molar-refractivity contribution >= 4 is 6.08 Å². The second kappa shape index (κ2) is 6.00. The summed E-state index contributed by atoms with van der Waals surface area (Å²) in [5.41, 5.74) is 6.91. The van der Waals surface area contributed by atoms with Gasteiger partial charge in [-0.3, -0.25) is 6.08 Å². The van der Waals surface area contributed by atoms with Crippen molar-refractivity contribution in [2.75, 3.05) is 0 Å². The minimum absolute atomic E-state index is 0. The Labute approximate surface area is 134 Å². The molecule has 1 heteroatoms. The van der Waals surface area contributed by atoms with Gasteiger partial charge >= 0.3 is 0 Å². The SMILES string of the molecule is Cc1cc2c(cc1C)C(Cc1ccccc1)[C-]=C2.[Hf]. The first-order chi connectivity index (χ1) is 8.74. The summed E-state index contributed by atoms with van der Waals surface area (Å²) in [4.78, 5) is 0. The smallest absolute Gasteiger partial charge is 0 e. The molecule has 0 bridgehead atoms. The molecule has 1 aliphatic rings. The van der Waals surface area contributed by atoms with Gasteiger partial charge in [-0.1, -0.05) is 53.4 Å². The van der Waals surface area contributed by atoms with Gasteiger partial charge in [-0.15, -0.1) is 11.6 Å². The summed E-state index contributed by atoms with van der Waals surface area (Å²) in [6.45, 7) is 4.36. The van der Waals surface area contributed by atoms with Crippen molar-refractivity contribution in [2.45, 2.75) is 26.2 Å². The molecule has 0 heterocycles. The molecule has 0 saturated carbocycles. The van der Waals surface area contributed by atoms with Crippen LogP contribution >= 0.6 is 0 Å². The van der Waals surface area contributed by atoms with Gasteiger partial charge in [0.05, 0.1) is 0 Å². The minimum Gasteiger partial charge on any atom is -0.268 e. The summed E-state index contributed by atoms with van der Waals surface area (Å²) < 4.78 is 0. The van der Waals surface area contributed by atoms with E-state index < -0.39 is 0 Å². The summed E-state index contributed by atoms with van der Waals surface area (Å²) >= 11 is 0. The molecule has 0 saturated heterocycles.